The first-order valence-electron chi connectivity index (χ1n) is 10.8. The van der Waals surface area contributed by atoms with Crippen molar-refractivity contribution in [2.45, 2.75) is 13.1 Å². The first-order chi connectivity index (χ1) is 17.3. The summed E-state index contributed by atoms with van der Waals surface area (Å²) in [4.78, 5) is 37.8. The van der Waals surface area contributed by atoms with E-state index in [9.17, 15) is 19.7 Å². The number of hydrogen-bond acceptors (Lipinski definition) is 5. The van der Waals surface area contributed by atoms with Crippen LogP contribution in [0.2, 0.25) is 10.0 Å². The molecule has 180 valence electrons. The second-order valence-corrected chi connectivity index (χ2v) is 9.99. The Balaban J connectivity index is 1.44. The van der Waals surface area contributed by atoms with Gasteiger partial charge in [0.2, 0.25) is 0 Å². The number of hydrogen-bond donors (Lipinski definition) is 0. The highest BCUT2D eigenvalue weighted by atomic mass is 35.5. The van der Waals surface area contributed by atoms with Gasteiger partial charge in [-0.2, -0.15) is 0 Å². The average Bonchev–Trinajstić information content (AvgIpc) is 3.33. The van der Waals surface area contributed by atoms with Crippen molar-refractivity contribution in [3.05, 3.63) is 115 Å². The quantitative estimate of drug-likeness (QED) is 0.148. The largest absolute Gasteiger partial charge is 0.342 e. The fraction of sp³-hybridized carbons (Fsp3) is 0.0769. The second kappa shape index (κ2) is 9.81. The standard InChI is InChI=1S/C26H17Cl2N3O4S/c27-19-8-7-17(22(28)12-19)15-30-25(32)24(36-26(30)33)11-18-14-29(23-4-2-1-3-21(18)23)13-16-5-9-20(10-6-16)31(34)35/h1-12,14H,13,15H2/b24-11-. The number of fused-ring (bicyclic) bond motifs is 1. The van der Waals surface area contributed by atoms with Gasteiger partial charge in [-0.3, -0.25) is 24.6 Å². The molecule has 0 N–H and O–H groups in total. The minimum Gasteiger partial charge on any atom is -0.342 e. The molecule has 1 aromatic heterocycles. The fourth-order valence-corrected chi connectivity index (χ4v) is 5.34. The highest BCUT2D eigenvalue weighted by Crippen LogP contribution is 2.36. The summed E-state index contributed by atoms with van der Waals surface area (Å²) in [6, 6.07) is 19.1. The van der Waals surface area contributed by atoms with E-state index in [1.807, 2.05) is 35.0 Å². The molecule has 0 saturated carbocycles. The molecule has 0 unspecified atom stereocenters. The van der Waals surface area contributed by atoms with Gasteiger partial charge in [-0.05, 0) is 47.2 Å². The van der Waals surface area contributed by atoms with E-state index in [0.717, 1.165) is 33.8 Å². The van der Waals surface area contributed by atoms with Crippen LogP contribution < -0.4 is 0 Å². The molecule has 3 aromatic carbocycles. The van der Waals surface area contributed by atoms with Crippen LogP contribution in [0.25, 0.3) is 17.0 Å². The number of carbonyl (C=O) groups is 2. The van der Waals surface area contributed by atoms with E-state index in [0.29, 0.717) is 27.1 Å². The van der Waals surface area contributed by atoms with Crippen LogP contribution in [0, 0.1) is 10.1 Å². The van der Waals surface area contributed by atoms with Gasteiger partial charge in [-0.15, -0.1) is 0 Å². The zero-order valence-electron chi connectivity index (χ0n) is 18.6. The van der Waals surface area contributed by atoms with Gasteiger partial charge in [-0.25, -0.2) is 0 Å². The lowest BCUT2D eigenvalue weighted by atomic mass is 10.1. The molecule has 10 heteroatoms. The van der Waals surface area contributed by atoms with Gasteiger partial charge in [0.15, 0.2) is 0 Å². The van der Waals surface area contributed by atoms with Gasteiger partial charge in [0.25, 0.3) is 16.8 Å². The minimum atomic E-state index is -0.430. The highest BCUT2D eigenvalue weighted by Gasteiger charge is 2.35. The predicted octanol–water partition coefficient (Wildman–Crippen LogP) is 7.14. The van der Waals surface area contributed by atoms with Crippen LogP contribution in [-0.4, -0.2) is 25.5 Å². The number of non-ortho nitro benzene ring substituents is 1. The lowest BCUT2D eigenvalue weighted by molar-refractivity contribution is -0.384. The van der Waals surface area contributed by atoms with Crippen molar-refractivity contribution in [3.8, 4) is 0 Å². The summed E-state index contributed by atoms with van der Waals surface area (Å²) in [5.74, 6) is -0.386. The average molecular weight is 538 g/mol. The van der Waals surface area contributed by atoms with Crippen LogP contribution in [0.5, 0.6) is 0 Å². The van der Waals surface area contributed by atoms with Gasteiger partial charge in [0.1, 0.15) is 0 Å². The van der Waals surface area contributed by atoms with E-state index in [2.05, 4.69) is 0 Å². The van der Waals surface area contributed by atoms with Gasteiger partial charge in [-0.1, -0.05) is 59.6 Å². The number of nitro groups is 1. The van der Waals surface area contributed by atoms with Crippen molar-refractivity contribution in [1.29, 1.82) is 0 Å². The Labute approximate surface area is 220 Å². The Morgan fingerprint density at radius 1 is 0.972 bits per heavy atom. The molecule has 0 atom stereocenters. The maximum absolute atomic E-state index is 13.1. The first kappa shape index (κ1) is 24.1. The van der Waals surface area contributed by atoms with Crippen LogP contribution >= 0.6 is 35.0 Å². The van der Waals surface area contributed by atoms with Crippen molar-refractivity contribution in [3.63, 3.8) is 0 Å². The zero-order chi connectivity index (χ0) is 25.4. The summed E-state index contributed by atoms with van der Waals surface area (Å²) < 4.78 is 2.01. The Morgan fingerprint density at radius 3 is 2.44 bits per heavy atom. The smallest absolute Gasteiger partial charge is 0.293 e. The minimum absolute atomic E-state index is 0.0346. The Kier molecular flexibility index (Phi) is 6.57. The number of nitrogens with zero attached hydrogens (tertiary/aromatic N) is 3. The molecule has 0 bridgehead atoms. The van der Waals surface area contributed by atoms with Crippen LogP contribution in [0.3, 0.4) is 0 Å². The molecule has 1 fully saturated rings. The molecule has 1 aliphatic rings. The summed E-state index contributed by atoms with van der Waals surface area (Å²) in [6.45, 7) is 0.544. The van der Waals surface area contributed by atoms with E-state index in [-0.39, 0.29) is 23.4 Å². The number of benzene rings is 3. The number of aromatic nitrogens is 1. The van der Waals surface area contributed by atoms with Crippen molar-refractivity contribution < 1.29 is 14.5 Å². The molecule has 36 heavy (non-hydrogen) atoms. The number of rotatable bonds is 6. The summed E-state index contributed by atoms with van der Waals surface area (Å²) in [7, 11) is 0. The van der Waals surface area contributed by atoms with E-state index in [1.165, 1.54) is 17.0 Å². The number of carbonyl (C=O) groups excluding carboxylic acids is 2. The molecule has 7 nitrogen and oxygen atoms in total. The first-order valence-corrected chi connectivity index (χ1v) is 12.4. The maximum Gasteiger partial charge on any atom is 0.293 e. The Hall–Kier alpha value is -3.59. The third-order valence-electron chi connectivity index (χ3n) is 5.82. The van der Waals surface area contributed by atoms with Gasteiger partial charge in [0, 0.05) is 51.4 Å². The van der Waals surface area contributed by atoms with Gasteiger partial charge >= 0.3 is 0 Å². The van der Waals surface area contributed by atoms with E-state index < -0.39 is 4.92 Å². The number of amides is 2. The lowest BCUT2D eigenvalue weighted by Crippen LogP contribution is -2.27. The molecule has 0 radical (unpaired) electrons. The van der Waals surface area contributed by atoms with E-state index in [1.54, 1.807) is 36.4 Å². The van der Waals surface area contributed by atoms with Crippen molar-refractivity contribution in [2.75, 3.05) is 0 Å². The fourth-order valence-electron chi connectivity index (χ4n) is 4.04. The van der Waals surface area contributed by atoms with Crippen LogP contribution in [-0.2, 0) is 17.9 Å². The van der Waals surface area contributed by atoms with Crippen molar-refractivity contribution >= 4 is 68.8 Å². The third kappa shape index (κ3) is 4.75. The monoisotopic (exact) mass is 537 g/mol. The number of halogens is 2. The van der Waals surface area contributed by atoms with E-state index in [4.69, 9.17) is 23.2 Å². The molecule has 1 saturated heterocycles. The van der Waals surface area contributed by atoms with Crippen LogP contribution in [0.4, 0.5) is 10.5 Å². The second-order valence-electron chi connectivity index (χ2n) is 8.16. The van der Waals surface area contributed by atoms with Gasteiger partial charge < -0.3 is 4.57 Å². The highest BCUT2D eigenvalue weighted by molar-refractivity contribution is 8.18. The summed E-state index contributed by atoms with van der Waals surface area (Å²) in [6.07, 6.45) is 3.64. The molecular formula is C26H17Cl2N3O4S. The SMILES string of the molecule is O=C1S/C(=C\c2cn(Cc3ccc([N+](=O)[O-])cc3)c3ccccc23)C(=O)N1Cc1ccc(Cl)cc1Cl. The van der Waals surface area contributed by atoms with Crippen LogP contribution in [0.1, 0.15) is 16.7 Å². The van der Waals surface area contributed by atoms with Gasteiger partial charge in [0.05, 0.1) is 16.4 Å². The molecule has 4 aromatic rings. The summed E-state index contributed by atoms with van der Waals surface area (Å²) in [5.41, 5.74) is 3.29. The Bertz CT molecular complexity index is 1560. The number of thioether (sulfide) groups is 1. The maximum atomic E-state index is 13.1. The van der Waals surface area contributed by atoms with E-state index >= 15 is 0 Å². The van der Waals surface area contributed by atoms with Crippen molar-refractivity contribution in [1.82, 2.24) is 9.47 Å². The molecule has 0 spiro atoms. The van der Waals surface area contributed by atoms with Crippen LogP contribution in [0.15, 0.2) is 77.8 Å². The zero-order valence-corrected chi connectivity index (χ0v) is 20.9. The summed E-state index contributed by atoms with van der Waals surface area (Å²) in [5, 5.41) is 12.4. The molecule has 5 rings (SSSR count). The molecule has 2 amide bonds. The molecule has 2 heterocycles. The normalized spacial score (nSPS) is 14.8. The number of para-hydroxylation sites is 1. The molecule has 0 aliphatic carbocycles. The third-order valence-corrected chi connectivity index (χ3v) is 7.32. The topological polar surface area (TPSA) is 85.5 Å². The molecular weight excluding hydrogens is 521 g/mol. The lowest BCUT2D eigenvalue weighted by Gasteiger charge is -2.13. The van der Waals surface area contributed by atoms with Crippen molar-refractivity contribution in [2.24, 2.45) is 0 Å². The molecule has 1 aliphatic heterocycles. The number of imide groups is 1. The summed E-state index contributed by atoms with van der Waals surface area (Å²) >= 11 is 13.1. The number of nitro benzene ring substituents is 1. The Morgan fingerprint density at radius 2 is 1.72 bits per heavy atom. The predicted molar refractivity (Wildman–Crippen MR) is 142 cm³/mol.